The highest BCUT2D eigenvalue weighted by atomic mass is 35.5. The van der Waals surface area contributed by atoms with Gasteiger partial charge >= 0.3 is 0 Å². The second-order valence-electron chi connectivity index (χ2n) is 4.07. The van der Waals surface area contributed by atoms with Crippen LogP contribution in [-0.2, 0) is 13.5 Å². The van der Waals surface area contributed by atoms with Crippen molar-refractivity contribution in [3.8, 4) is 0 Å². The van der Waals surface area contributed by atoms with Gasteiger partial charge in [0.2, 0.25) is 0 Å². The molecular formula is C13H12ClFN2O. The van der Waals surface area contributed by atoms with E-state index < -0.39 is 5.82 Å². The number of Topliss-reactive ketones (excluding diaryl/α,β-unsaturated/α-hetero) is 1. The zero-order valence-corrected chi connectivity index (χ0v) is 10.6. The Morgan fingerprint density at radius 3 is 2.89 bits per heavy atom. The van der Waals surface area contributed by atoms with Crippen LogP contribution in [0.5, 0.6) is 0 Å². The molecule has 5 heteroatoms. The van der Waals surface area contributed by atoms with Crippen LogP contribution in [0, 0.1) is 5.82 Å². The van der Waals surface area contributed by atoms with E-state index >= 15 is 0 Å². The highest BCUT2D eigenvalue weighted by Gasteiger charge is 2.12. The third-order valence-corrected chi connectivity index (χ3v) is 2.87. The van der Waals surface area contributed by atoms with E-state index in [4.69, 9.17) is 11.6 Å². The topological polar surface area (TPSA) is 34.9 Å². The third-order valence-electron chi connectivity index (χ3n) is 2.63. The highest BCUT2D eigenvalue weighted by molar-refractivity contribution is 6.30. The molecule has 18 heavy (non-hydrogen) atoms. The maximum atomic E-state index is 13.5. The number of rotatable bonds is 4. The number of halogens is 2. The molecule has 1 heterocycles. The molecule has 0 bridgehead atoms. The molecule has 3 nitrogen and oxygen atoms in total. The number of aromatic nitrogens is 2. The van der Waals surface area contributed by atoms with Crippen molar-refractivity contribution in [3.63, 3.8) is 0 Å². The molecule has 2 rings (SSSR count). The van der Waals surface area contributed by atoms with E-state index in [9.17, 15) is 9.18 Å². The molecular weight excluding hydrogens is 255 g/mol. The number of aryl methyl sites for hydroxylation is 2. The van der Waals surface area contributed by atoms with Gasteiger partial charge in [0, 0.05) is 24.7 Å². The molecule has 0 saturated heterocycles. The lowest BCUT2D eigenvalue weighted by Gasteiger charge is -2.02. The van der Waals surface area contributed by atoms with E-state index in [1.54, 1.807) is 10.9 Å². The molecule has 0 aliphatic heterocycles. The van der Waals surface area contributed by atoms with Gasteiger partial charge in [-0.3, -0.25) is 9.48 Å². The summed E-state index contributed by atoms with van der Waals surface area (Å²) in [6.45, 7) is 0. The summed E-state index contributed by atoms with van der Waals surface area (Å²) in [6.07, 6.45) is 4.34. The van der Waals surface area contributed by atoms with E-state index in [-0.39, 0.29) is 22.8 Å². The Bertz CT molecular complexity index is 580. The van der Waals surface area contributed by atoms with Crippen molar-refractivity contribution in [1.29, 1.82) is 0 Å². The lowest BCUT2D eigenvalue weighted by atomic mass is 10.0. The zero-order chi connectivity index (χ0) is 13.1. The summed E-state index contributed by atoms with van der Waals surface area (Å²) in [4.78, 5) is 11.8. The predicted octanol–water partition coefficient (Wildman–Crippen LogP) is 3.03. The fourth-order valence-corrected chi connectivity index (χ4v) is 1.87. The Kier molecular flexibility index (Phi) is 3.77. The standard InChI is InChI=1S/C13H12ClFN2O/c1-17-8-9(7-16-17)2-5-13(18)11-4-3-10(14)6-12(11)15/h3-4,6-8H,2,5H2,1H3. The van der Waals surface area contributed by atoms with Crippen molar-refractivity contribution < 1.29 is 9.18 Å². The van der Waals surface area contributed by atoms with E-state index in [0.717, 1.165) is 11.6 Å². The zero-order valence-electron chi connectivity index (χ0n) is 9.86. The Balaban J connectivity index is 2.03. The SMILES string of the molecule is Cn1cc(CCC(=O)c2ccc(Cl)cc2F)cn1. The molecule has 0 radical (unpaired) electrons. The van der Waals surface area contributed by atoms with Gasteiger partial charge in [0.25, 0.3) is 0 Å². The summed E-state index contributed by atoms with van der Waals surface area (Å²) >= 11 is 5.64. The van der Waals surface area contributed by atoms with Crippen molar-refractivity contribution >= 4 is 17.4 Å². The monoisotopic (exact) mass is 266 g/mol. The van der Waals surface area contributed by atoms with Gasteiger partial charge < -0.3 is 0 Å². The number of nitrogens with zero attached hydrogens (tertiary/aromatic N) is 2. The summed E-state index contributed by atoms with van der Waals surface area (Å²) < 4.78 is 15.2. The van der Waals surface area contributed by atoms with Crippen LogP contribution in [0.1, 0.15) is 22.3 Å². The first-order valence-electron chi connectivity index (χ1n) is 5.52. The molecule has 0 spiro atoms. The van der Waals surface area contributed by atoms with Crippen molar-refractivity contribution in [1.82, 2.24) is 9.78 Å². The van der Waals surface area contributed by atoms with Gasteiger partial charge in [-0.15, -0.1) is 0 Å². The molecule has 0 fully saturated rings. The molecule has 0 unspecified atom stereocenters. The van der Waals surface area contributed by atoms with Gasteiger partial charge in [0.1, 0.15) is 5.82 Å². The van der Waals surface area contributed by atoms with Crippen LogP contribution < -0.4 is 0 Å². The van der Waals surface area contributed by atoms with Gasteiger partial charge in [-0.25, -0.2) is 4.39 Å². The van der Waals surface area contributed by atoms with Crippen LogP contribution >= 0.6 is 11.6 Å². The van der Waals surface area contributed by atoms with Gasteiger partial charge in [0.05, 0.1) is 11.8 Å². The molecule has 1 aromatic heterocycles. The van der Waals surface area contributed by atoms with Crippen molar-refractivity contribution in [3.05, 3.63) is 52.6 Å². The Hall–Kier alpha value is -1.68. The first kappa shape index (κ1) is 12.8. The van der Waals surface area contributed by atoms with Gasteiger partial charge in [0.15, 0.2) is 5.78 Å². The fourth-order valence-electron chi connectivity index (χ4n) is 1.71. The molecule has 0 N–H and O–H groups in total. The number of carbonyl (C=O) groups excluding carboxylic acids is 1. The summed E-state index contributed by atoms with van der Waals surface area (Å²) in [7, 11) is 1.81. The fraction of sp³-hybridized carbons (Fsp3) is 0.231. The number of carbonyl (C=O) groups is 1. The second-order valence-corrected chi connectivity index (χ2v) is 4.51. The predicted molar refractivity (Wildman–Crippen MR) is 67.3 cm³/mol. The minimum Gasteiger partial charge on any atom is -0.294 e. The van der Waals surface area contributed by atoms with E-state index in [1.165, 1.54) is 12.1 Å². The van der Waals surface area contributed by atoms with Crippen molar-refractivity contribution in [2.24, 2.45) is 7.05 Å². The summed E-state index contributed by atoms with van der Waals surface area (Å²) in [5, 5.41) is 4.30. The van der Waals surface area contributed by atoms with E-state index in [0.29, 0.717) is 6.42 Å². The van der Waals surface area contributed by atoms with Crippen LogP contribution in [0.15, 0.2) is 30.6 Å². The van der Waals surface area contributed by atoms with Crippen LogP contribution in [0.2, 0.25) is 5.02 Å². The van der Waals surface area contributed by atoms with Gasteiger partial charge in [-0.2, -0.15) is 5.10 Å². The summed E-state index contributed by atoms with van der Waals surface area (Å²) in [6, 6.07) is 4.09. The Labute approximate surface area is 109 Å². The van der Waals surface area contributed by atoms with Crippen LogP contribution in [0.4, 0.5) is 4.39 Å². The smallest absolute Gasteiger partial charge is 0.166 e. The summed E-state index contributed by atoms with van der Waals surface area (Å²) in [5.74, 6) is -0.799. The molecule has 0 saturated carbocycles. The quantitative estimate of drug-likeness (QED) is 0.798. The molecule has 0 aliphatic carbocycles. The number of hydrogen-bond acceptors (Lipinski definition) is 2. The third kappa shape index (κ3) is 2.96. The number of ketones is 1. The lowest BCUT2D eigenvalue weighted by Crippen LogP contribution is -2.03. The number of benzene rings is 1. The minimum absolute atomic E-state index is 0.0864. The first-order valence-corrected chi connectivity index (χ1v) is 5.90. The minimum atomic E-state index is -0.571. The van der Waals surface area contributed by atoms with Crippen molar-refractivity contribution in [2.75, 3.05) is 0 Å². The highest BCUT2D eigenvalue weighted by Crippen LogP contribution is 2.16. The maximum absolute atomic E-state index is 13.5. The van der Waals surface area contributed by atoms with Gasteiger partial charge in [-0.1, -0.05) is 11.6 Å². The van der Waals surface area contributed by atoms with Crippen LogP contribution in [0.25, 0.3) is 0 Å². The summed E-state index contributed by atoms with van der Waals surface area (Å²) in [5.41, 5.74) is 1.04. The van der Waals surface area contributed by atoms with Crippen LogP contribution in [0.3, 0.4) is 0 Å². The van der Waals surface area contributed by atoms with E-state index in [1.807, 2.05) is 13.2 Å². The van der Waals surface area contributed by atoms with Crippen molar-refractivity contribution in [2.45, 2.75) is 12.8 Å². The molecule has 0 atom stereocenters. The number of hydrogen-bond donors (Lipinski definition) is 0. The molecule has 1 aromatic carbocycles. The Morgan fingerprint density at radius 2 is 2.28 bits per heavy atom. The van der Waals surface area contributed by atoms with Gasteiger partial charge in [-0.05, 0) is 30.2 Å². The molecule has 0 aliphatic rings. The maximum Gasteiger partial charge on any atom is 0.166 e. The average molecular weight is 267 g/mol. The largest absolute Gasteiger partial charge is 0.294 e. The molecule has 94 valence electrons. The Morgan fingerprint density at radius 1 is 1.50 bits per heavy atom. The molecule has 2 aromatic rings. The van der Waals surface area contributed by atoms with Crippen LogP contribution in [-0.4, -0.2) is 15.6 Å². The normalized spacial score (nSPS) is 10.6. The first-order chi connectivity index (χ1) is 8.56. The van der Waals surface area contributed by atoms with E-state index in [2.05, 4.69) is 5.10 Å². The lowest BCUT2D eigenvalue weighted by molar-refractivity contribution is 0.0979. The average Bonchev–Trinajstić information content (AvgIpc) is 2.72. The molecule has 0 amide bonds. The second kappa shape index (κ2) is 5.31.